The first kappa shape index (κ1) is 16.8. The summed E-state index contributed by atoms with van der Waals surface area (Å²) in [6, 6.07) is 11.1. The van der Waals surface area contributed by atoms with E-state index >= 15 is 0 Å². The number of fused-ring (bicyclic) bond motifs is 4. The molecule has 0 aliphatic carbocycles. The smallest absolute Gasteiger partial charge is 0.188 e. The van der Waals surface area contributed by atoms with Gasteiger partial charge in [-0.05, 0) is 55.5 Å². The van der Waals surface area contributed by atoms with Gasteiger partial charge in [-0.1, -0.05) is 23.2 Å². The molecule has 25 heavy (non-hydrogen) atoms. The third-order valence-electron chi connectivity index (χ3n) is 4.62. The Morgan fingerprint density at radius 2 is 1.96 bits per heavy atom. The van der Waals surface area contributed by atoms with Crippen LogP contribution in [0.3, 0.4) is 0 Å². The molecule has 0 spiro atoms. The van der Waals surface area contributed by atoms with Crippen molar-refractivity contribution in [2.75, 3.05) is 12.0 Å². The fourth-order valence-electron chi connectivity index (χ4n) is 3.55. The zero-order valence-electron chi connectivity index (χ0n) is 13.7. The highest BCUT2D eigenvalue weighted by atomic mass is 35.5. The Hall–Kier alpha value is -1.69. The summed E-state index contributed by atoms with van der Waals surface area (Å²) in [6.07, 6.45) is 0.705. The Kier molecular flexibility index (Phi) is 3.98. The van der Waals surface area contributed by atoms with Gasteiger partial charge in [-0.2, -0.15) is 0 Å². The number of thiocarbonyl (C=S) groups is 1. The molecule has 0 amide bonds. The van der Waals surface area contributed by atoms with Gasteiger partial charge in [0.25, 0.3) is 0 Å². The van der Waals surface area contributed by atoms with E-state index in [0.717, 1.165) is 17.0 Å². The maximum Gasteiger partial charge on any atom is 0.188 e. The summed E-state index contributed by atoms with van der Waals surface area (Å²) in [7, 11) is 1.62. The molecule has 0 radical (unpaired) electrons. The average molecular weight is 395 g/mol. The van der Waals surface area contributed by atoms with Crippen LogP contribution in [0.5, 0.6) is 11.5 Å². The van der Waals surface area contributed by atoms with Crippen LogP contribution in [-0.2, 0) is 0 Å². The minimum Gasteiger partial charge on any atom is -0.495 e. The summed E-state index contributed by atoms with van der Waals surface area (Å²) in [5, 5.41) is 5.24. The summed E-state index contributed by atoms with van der Waals surface area (Å²) in [5.74, 6) is 1.47. The lowest BCUT2D eigenvalue weighted by molar-refractivity contribution is 0.0494. The first-order valence-corrected chi connectivity index (χ1v) is 9.00. The lowest BCUT2D eigenvalue weighted by Gasteiger charge is -2.52. The number of nitrogens with zero attached hydrogens (tertiary/aromatic N) is 1. The van der Waals surface area contributed by atoms with Crippen molar-refractivity contribution in [3.63, 3.8) is 0 Å². The Bertz CT molecular complexity index is 876. The third-order valence-corrected chi connectivity index (χ3v) is 5.39. The predicted molar refractivity (Wildman–Crippen MR) is 104 cm³/mol. The molecule has 2 atom stereocenters. The second-order valence-electron chi connectivity index (χ2n) is 6.32. The molecule has 2 heterocycles. The molecule has 2 aliphatic heterocycles. The number of hydrogen-bond acceptors (Lipinski definition) is 3. The van der Waals surface area contributed by atoms with Crippen LogP contribution in [0.4, 0.5) is 5.69 Å². The van der Waals surface area contributed by atoms with Crippen molar-refractivity contribution in [1.29, 1.82) is 0 Å². The number of benzene rings is 2. The molecule has 0 saturated carbocycles. The van der Waals surface area contributed by atoms with Gasteiger partial charge in [0.2, 0.25) is 0 Å². The minimum atomic E-state index is -0.661. The van der Waals surface area contributed by atoms with Crippen LogP contribution in [0.25, 0.3) is 0 Å². The van der Waals surface area contributed by atoms with Gasteiger partial charge >= 0.3 is 0 Å². The molecule has 130 valence electrons. The molecule has 2 aromatic carbocycles. The van der Waals surface area contributed by atoms with Crippen LogP contribution in [-0.4, -0.2) is 17.9 Å². The van der Waals surface area contributed by atoms with Crippen molar-refractivity contribution < 1.29 is 9.47 Å². The third kappa shape index (κ3) is 2.71. The number of methoxy groups -OCH3 is 1. The van der Waals surface area contributed by atoms with Crippen molar-refractivity contribution in [1.82, 2.24) is 5.32 Å². The van der Waals surface area contributed by atoms with E-state index in [1.807, 2.05) is 42.2 Å². The fraction of sp³-hybridized carbons (Fsp3) is 0.278. The van der Waals surface area contributed by atoms with Crippen LogP contribution in [0.15, 0.2) is 36.4 Å². The van der Waals surface area contributed by atoms with Gasteiger partial charge in [0, 0.05) is 22.0 Å². The fourth-order valence-corrected chi connectivity index (χ4v) is 4.33. The molecule has 2 aromatic rings. The molecule has 2 bridgehead atoms. The number of ether oxygens (including phenoxy) is 2. The maximum absolute atomic E-state index is 6.36. The van der Waals surface area contributed by atoms with Gasteiger partial charge in [-0.3, -0.25) is 4.90 Å². The lowest BCUT2D eigenvalue weighted by atomic mass is 9.90. The number of halogens is 2. The van der Waals surface area contributed by atoms with Gasteiger partial charge in [0.1, 0.15) is 11.5 Å². The standard InChI is InChI=1S/C18H16Cl2N2O2S/c1-18-9-13(12-7-10(19)3-5-15(12)24-18)21-17(25)22(18)14-8-11(20)4-6-16(14)23-2/h3-8,13H,9H2,1-2H3,(H,21,25). The van der Waals surface area contributed by atoms with E-state index in [1.165, 1.54) is 0 Å². The topological polar surface area (TPSA) is 33.7 Å². The largest absolute Gasteiger partial charge is 0.495 e. The van der Waals surface area contributed by atoms with E-state index in [2.05, 4.69) is 5.32 Å². The Balaban J connectivity index is 1.83. The van der Waals surface area contributed by atoms with E-state index < -0.39 is 5.72 Å². The lowest BCUT2D eigenvalue weighted by Crippen LogP contribution is -2.65. The van der Waals surface area contributed by atoms with Gasteiger partial charge in [0.05, 0.1) is 18.8 Å². The highest BCUT2D eigenvalue weighted by Gasteiger charge is 2.49. The second-order valence-corrected chi connectivity index (χ2v) is 7.58. The van der Waals surface area contributed by atoms with E-state index in [0.29, 0.717) is 27.3 Å². The number of nitrogens with one attached hydrogen (secondary N) is 1. The van der Waals surface area contributed by atoms with E-state index in [-0.39, 0.29) is 6.04 Å². The van der Waals surface area contributed by atoms with Gasteiger partial charge in [0.15, 0.2) is 10.8 Å². The molecular formula is C18H16Cl2N2O2S. The summed E-state index contributed by atoms with van der Waals surface area (Å²) >= 11 is 18.0. The Morgan fingerprint density at radius 3 is 2.72 bits per heavy atom. The monoisotopic (exact) mass is 394 g/mol. The number of anilines is 1. The Labute approximate surface area is 161 Å². The van der Waals surface area contributed by atoms with Crippen LogP contribution in [0, 0.1) is 0 Å². The van der Waals surface area contributed by atoms with E-state index in [1.54, 1.807) is 13.2 Å². The van der Waals surface area contributed by atoms with Crippen LogP contribution < -0.4 is 19.7 Å². The normalized spacial score (nSPS) is 24.2. The van der Waals surface area contributed by atoms with Crippen LogP contribution in [0.1, 0.15) is 24.9 Å². The number of hydrogen-bond donors (Lipinski definition) is 1. The van der Waals surface area contributed by atoms with Gasteiger partial charge in [-0.25, -0.2) is 0 Å². The summed E-state index contributed by atoms with van der Waals surface area (Å²) in [4.78, 5) is 1.93. The quantitative estimate of drug-likeness (QED) is 0.729. The minimum absolute atomic E-state index is 0.0429. The molecule has 0 aromatic heterocycles. The first-order chi connectivity index (χ1) is 11.9. The molecule has 2 unspecified atom stereocenters. The number of rotatable bonds is 2. The molecule has 1 N–H and O–H groups in total. The summed E-state index contributed by atoms with van der Waals surface area (Å²) < 4.78 is 11.9. The van der Waals surface area contributed by atoms with Crippen molar-refractivity contribution in [3.8, 4) is 11.5 Å². The molecule has 4 rings (SSSR count). The molecule has 7 heteroatoms. The van der Waals surface area contributed by atoms with Crippen LogP contribution >= 0.6 is 35.4 Å². The second kappa shape index (κ2) is 5.94. The van der Waals surface area contributed by atoms with E-state index in [9.17, 15) is 0 Å². The van der Waals surface area contributed by atoms with Crippen molar-refractivity contribution in [3.05, 3.63) is 52.0 Å². The Morgan fingerprint density at radius 1 is 1.24 bits per heavy atom. The molecule has 4 nitrogen and oxygen atoms in total. The van der Waals surface area contributed by atoms with Crippen molar-refractivity contribution in [2.45, 2.75) is 25.1 Å². The van der Waals surface area contributed by atoms with Crippen LogP contribution in [0.2, 0.25) is 10.0 Å². The first-order valence-electron chi connectivity index (χ1n) is 7.84. The maximum atomic E-state index is 6.36. The highest BCUT2D eigenvalue weighted by Crippen LogP contribution is 2.48. The van der Waals surface area contributed by atoms with Crippen molar-refractivity contribution >= 4 is 46.2 Å². The van der Waals surface area contributed by atoms with Crippen molar-refractivity contribution in [2.24, 2.45) is 0 Å². The van der Waals surface area contributed by atoms with Gasteiger partial charge in [-0.15, -0.1) is 0 Å². The highest BCUT2D eigenvalue weighted by molar-refractivity contribution is 7.80. The SMILES string of the molecule is COc1ccc(Cl)cc1N1C(=S)NC2CC1(C)Oc1ccc(Cl)cc12. The average Bonchev–Trinajstić information content (AvgIpc) is 2.55. The summed E-state index contributed by atoms with van der Waals surface area (Å²) in [6.45, 7) is 2.02. The van der Waals surface area contributed by atoms with E-state index in [4.69, 9.17) is 44.9 Å². The van der Waals surface area contributed by atoms with Gasteiger partial charge < -0.3 is 14.8 Å². The molecule has 2 aliphatic rings. The molecular weight excluding hydrogens is 379 g/mol. The zero-order valence-corrected chi connectivity index (χ0v) is 16.0. The zero-order chi connectivity index (χ0) is 17.8. The summed E-state index contributed by atoms with van der Waals surface area (Å²) in [5.41, 5.74) is 1.13. The predicted octanol–water partition coefficient (Wildman–Crippen LogP) is 4.94. The molecule has 1 saturated heterocycles. The molecule has 1 fully saturated rings.